The number of benzene rings is 2. The monoisotopic (exact) mass is 436 g/mol. The van der Waals surface area contributed by atoms with Crippen molar-refractivity contribution in [2.75, 3.05) is 19.8 Å². The Balaban J connectivity index is 1.28. The van der Waals surface area contributed by atoms with Crippen molar-refractivity contribution in [1.82, 2.24) is 20.0 Å². The Hall–Kier alpha value is -2.77. The largest absolute Gasteiger partial charge is 0.326 e. The van der Waals surface area contributed by atoms with Crippen LogP contribution in [0.15, 0.2) is 54.6 Å². The lowest BCUT2D eigenvalue weighted by Crippen LogP contribution is -2.58. The smallest absolute Gasteiger partial charge is 0.322 e. The molecule has 3 amide bonds. The molecule has 3 aliphatic rings. The molecule has 2 aromatic carbocycles. The molecule has 2 aliphatic heterocycles. The summed E-state index contributed by atoms with van der Waals surface area (Å²) in [5, 5.41) is 3.03. The van der Waals surface area contributed by atoms with E-state index in [0.29, 0.717) is 25.6 Å². The van der Waals surface area contributed by atoms with Gasteiger partial charge in [0.25, 0.3) is 5.91 Å². The molecule has 0 aromatic heterocycles. The zero-order valence-corrected chi connectivity index (χ0v) is 18.2. The highest BCUT2D eigenvalue weighted by Gasteiger charge is 2.53. The van der Waals surface area contributed by atoms with Crippen LogP contribution in [0.1, 0.15) is 36.8 Å². The van der Waals surface area contributed by atoms with Crippen LogP contribution in [0.2, 0.25) is 0 Å². The molecule has 2 heterocycles. The van der Waals surface area contributed by atoms with E-state index in [1.165, 1.54) is 22.6 Å². The average molecular weight is 437 g/mol. The van der Waals surface area contributed by atoms with Crippen molar-refractivity contribution in [1.29, 1.82) is 0 Å². The van der Waals surface area contributed by atoms with E-state index in [0.717, 1.165) is 37.9 Å². The molecule has 168 valence electrons. The third-order valence-electron chi connectivity index (χ3n) is 6.73. The molecule has 2 aromatic rings. The van der Waals surface area contributed by atoms with Crippen molar-refractivity contribution in [2.24, 2.45) is 0 Å². The molecule has 1 saturated carbocycles. The van der Waals surface area contributed by atoms with Crippen molar-refractivity contribution in [2.45, 2.75) is 50.4 Å². The molecule has 0 radical (unpaired) electrons. The molecule has 1 atom stereocenters. The summed E-state index contributed by atoms with van der Waals surface area (Å²) in [6.45, 7) is 2.96. The van der Waals surface area contributed by atoms with Crippen LogP contribution in [0.25, 0.3) is 0 Å². The number of carbonyl (C=O) groups excluding carboxylic acids is 2. The molecule has 1 spiro atoms. The van der Waals surface area contributed by atoms with Gasteiger partial charge in [0.05, 0.1) is 6.67 Å². The van der Waals surface area contributed by atoms with Crippen LogP contribution in [0.5, 0.6) is 0 Å². The lowest BCUT2D eigenvalue weighted by Gasteiger charge is -2.38. The van der Waals surface area contributed by atoms with E-state index in [1.807, 2.05) is 24.3 Å². The van der Waals surface area contributed by atoms with E-state index >= 15 is 0 Å². The Morgan fingerprint density at radius 1 is 1.06 bits per heavy atom. The maximum absolute atomic E-state index is 13.6. The van der Waals surface area contributed by atoms with Crippen molar-refractivity contribution >= 4 is 11.9 Å². The first-order chi connectivity index (χ1) is 15.5. The highest BCUT2D eigenvalue weighted by molar-refractivity contribution is 6.07. The summed E-state index contributed by atoms with van der Waals surface area (Å²) in [5.41, 5.74) is 1.21. The molecule has 6 nitrogen and oxygen atoms in total. The maximum Gasteiger partial charge on any atom is 0.326 e. The number of rotatable bonds is 7. The van der Waals surface area contributed by atoms with Gasteiger partial charge in [-0.05, 0) is 55.5 Å². The van der Waals surface area contributed by atoms with Gasteiger partial charge in [0, 0.05) is 25.7 Å². The highest BCUT2D eigenvalue weighted by atomic mass is 19.1. The molecule has 0 bridgehead atoms. The SMILES string of the molecule is O=C1NC2(CCCN(Cc3ccccc3)C2)C(=O)N1CN(Cc1cccc(F)c1)C1CC1. The molecular weight excluding hydrogens is 407 g/mol. The predicted molar refractivity (Wildman–Crippen MR) is 119 cm³/mol. The number of hydrogen-bond acceptors (Lipinski definition) is 4. The predicted octanol–water partition coefficient (Wildman–Crippen LogP) is 3.33. The van der Waals surface area contributed by atoms with Gasteiger partial charge in [0.15, 0.2) is 0 Å². The van der Waals surface area contributed by atoms with Crippen LogP contribution in [-0.4, -0.2) is 58.0 Å². The van der Waals surface area contributed by atoms with Crippen molar-refractivity contribution in [3.8, 4) is 0 Å². The normalized spacial score (nSPS) is 23.9. The van der Waals surface area contributed by atoms with Crippen LogP contribution in [0.4, 0.5) is 9.18 Å². The Bertz CT molecular complexity index is 996. The van der Waals surface area contributed by atoms with Gasteiger partial charge in [-0.2, -0.15) is 0 Å². The quantitative estimate of drug-likeness (QED) is 0.677. The zero-order chi connectivity index (χ0) is 22.1. The Morgan fingerprint density at radius 3 is 2.59 bits per heavy atom. The standard InChI is InChI=1S/C25H29FN4O2/c26-21-9-4-8-20(14-21)16-29(22-10-11-22)18-30-23(31)25(27-24(30)32)12-5-13-28(17-25)15-19-6-2-1-3-7-19/h1-4,6-9,14,22H,5,10-13,15-18H2,(H,27,32). The molecule has 5 rings (SSSR count). The van der Waals surface area contributed by atoms with E-state index < -0.39 is 5.54 Å². The summed E-state index contributed by atoms with van der Waals surface area (Å²) in [5.74, 6) is -0.405. The minimum Gasteiger partial charge on any atom is -0.322 e. The van der Waals surface area contributed by atoms with Gasteiger partial charge in [0.1, 0.15) is 11.4 Å². The molecule has 32 heavy (non-hydrogen) atoms. The molecule has 1 unspecified atom stereocenters. The molecule has 1 N–H and O–H groups in total. The highest BCUT2D eigenvalue weighted by Crippen LogP contribution is 2.32. The van der Waals surface area contributed by atoms with Crippen LogP contribution < -0.4 is 5.32 Å². The number of nitrogens with one attached hydrogen (secondary N) is 1. The summed E-state index contributed by atoms with van der Waals surface area (Å²) in [6.07, 6.45) is 3.60. The summed E-state index contributed by atoms with van der Waals surface area (Å²) in [7, 11) is 0. The van der Waals surface area contributed by atoms with Gasteiger partial charge in [-0.1, -0.05) is 42.5 Å². The third-order valence-corrected chi connectivity index (χ3v) is 6.73. The summed E-state index contributed by atoms with van der Waals surface area (Å²) in [6, 6.07) is 16.7. The minimum absolute atomic E-state index is 0.134. The second-order valence-electron chi connectivity index (χ2n) is 9.29. The van der Waals surface area contributed by atoms with E-state index in [-0.39, 0.29) is 24.4 Å². The second kappa shape index (κ2) is 8.64. The molecular formula is C25H29FN4O2. The number of nitrogens with zero attached hydrogens (tertiary/aromatic N) is 3. The van der Waals surface area contributed by atoms with Gasteiger partial charge in [0.2, 0.25) is 0 Å². The van der Waals surface area contributed by atoms with Gasteiger partial charge >= 0.3 is 6.03 Å². The first-order valence-corrected chi connectivity index (χ1v) is 11.4. The number of halogens is 1. The lowest BCUT2D eigenvalue weighted by atomic mass is 9.88. The topological polar surface area (TPSA) is 55.9 Å². The average Bonchev–Trinajstić information content (AvgIpc) is 3.59. The fourth-order valence-corrected chi connectivity index (χ4v) is 4.99. The number of piperidine rings is 1. The molecule has 3 fully saturated rings. The van der Waals surface area contributed by atoms with Crippen LogP contribution in [0.3, 0.4) is 0 Å². The summed E-state index contributed by atoms with van der Waals surface area (Å²) >= 11 is 0. The fraction of sp³-hybridized carbons (Fsp3) is 0.440. The number of imide groups is 1. The lowest BCUT2D eigenvalue weighted by molar-refractivity contribution is -0.135. The number of hydrogen-bond donors (Lipinski definition) is 1. The molecule has 2 saturated heterocycles. The Morgan fingerprint density at radius 2 is 1.84 bits per heavy atom. The number of likely N-dealkylation sites (tertiary alicyclic amines) is 1. The van der Waals surface area contributed by atoms with Gasteiger partial charge < -0.3 is 5.32 Å². The molecule has 1 aliphatic carbocycles. The Kier molecular flexibility index (Phi) is 5.69. The molecule has 7 heteroatoms. The van der Waals surface area contributed by atoms with Gasteiger partial charge in [-0.25, -0.2) is 14.1 Å². The van der Waals surface area contributed by atoms with Crippen molar-refractivity contribution in [3.63, 3.8) is 0 Å². The Labute approximate surface area is 188 Å². The number of urea groups is 1. The van der Waals surface area contributed by atoms with Crippen LogP contribution >= 0.6 is 0 Å². The van der Waals surface area contributed by atoms with Crippen LogP contribution in [-0.2, 0) is 17.9 Å². The first kappa shape index (κ1) is 21.1. The first-order valence-electron chi connectivity index (χ1n) is 11.4. The minimum atomic E-state index is -0.849. The fourth-order valence-electron chi connectivity index (χ4n) is 4.99. The third kappa shape index (κ3) is 4.40. The van der Waals surface area contributed by atoms with Gasteiger partial charge in [-0.15, -0.1) is 0 Å². The van der Waals surface area contributed by atoms with E-state index in [4.69, 9.17) is 0 Å². The van der Waals surface area contributed by atoms with E-state index in [2.05, 4.69) is 27.2 Å². The van der Waals surface area contributed by atoms with Crippen molar-refractivity contribution < 1.29 is 14.0 Å². The van der Waals surface area contributed by atoms with E-state index in [9.17, 15) is 14.0 Å². The second-order valence-corrected chi connectivity index (χ2v) is 9.29. The maximum atomic E-state index is 13.6. The number of carbonyl (C=O) groups is 2. The zero-order valence-electron chi connectivity index (χ0n) is 18.2. The van der Waals surface area contributed by atoms with Crippen molar-refractivity contribution in [3.05, 3.63) is 71.5 Å². The number of amides is 3. The van der Waals surface area contributed by atoms with Gasteiger partial charge in [-0.3, -0.25) is 14.6 Å². The summed E-state index contributed by atoms with van der Waals surface area (Å²) < 4.78 is 13.6. The van der Waals surface area contributed by atoms with E-state index in [1.54, 1.807) is 6.07 Å². The summed E-state index contributed by atoms with van der Waals surface area (Å²) in [4.78, 5) is 32.1. The van der Waals surface area contributed by atoms with Crippen LogP contribution in [0, 0.1) is 5.82 Å².